The average molecular weight is 287 g/mol. The lowest BCUT2D eigenvalue weighted by Gasteiger charge is -2.15. The van der Waals surface area contributed by atoms with Gasteiger partial charge in [0.1, 0.15) is 11.0 Å². The van der Waals surface area contributed by atoms with Gasteiger partial charge in [0.25, 0.3) is 0 Å². The molecule has 1 aliphatic rings. The molecule has 1 heterocycles. The van der Waals surface area contributed by atoms with E-state index in [1.54, 1.807) is 0 Å². The summed E-state index contributed by atoms with van der Waals surface area (Å²) in [6, 6.07) is 4.41. The summed E-state index contributed by atoms with van der Waals surface area (Å²) < 4.78 is 0. The molecule has 0 saturated heterocycles. The first-order valence-electron chi connectivity index (χ1n) is 7.09. The molecule has 0 amide bonds. The average Bonchev–Trinajstić information content (AvgIpc) is 3.17. The topological polar surface area (TPSA) is 25.8 Å². The Morgan fingerprint density at radius 1 is 1.00 bits per heavy atom. The maximum Gasteiger partial charge on any atom is 0.136 e. The van der Waals surface area contributed by atoms with Crippen molar-refractivity contribution in [2.24, 2.45) is 0 Å². The number of hydrogen-bond acceptors (Lipinski definition) is 2. The quantitative estimate of drug-likeness (QED) is 0.733. The van der Waals surface area contributed by atoms with E-state index in [0.717, 1.165) is 17.1 Å². The van der Waals surface area contributed by atoms with Crippen molar-refractivity contribution in [2.75, 3.05) is 0 Å². The molecule has 0 aliphatic heterocycles. The first-order valence-corrected chi connectivity index (χ1v) is 7.47. The molecule has 0 radical (unpaired) electrons. The van der Waals surface area contributed by atoms with Crippen LogP contribution in [0.25, 0.3) is 11.3 Å². The number of aromatic nitrogens is 2. The first kappa shape index (κ1) is 13.6. The lowest BCUT2D eigenvalue weighted by Crippen LogP contribution is -2.02. The van der Waals surface area contributed by atoms with E-state index in [4.69, 9.17) is 16.6 Å². The summed E-state index contributed by atoms with van der Waals surface area (Å²) in [6.07, 6.45) is 2.37. The Morgan fingerprint density at radius 2 is 1.60 bits per heavy atom. The Bertz CT molecular complexity index is 665. The lowest BCUT2D eigenvalue weighted by molar-refractivity contribution is 0.920. The molecular formula is C17H19ClN2. The normalized spacial score (nSPS) is 14.7. The Morgan fingerprint density at radius 3 is 2.15 bits per heavy atom. The highest BCUT2D eigenvalue weighted by molar-refractivity contribution is 6.30. The standard InChI is InChI=1S/C17H19ClN2/c1-9-7-10(2)14(11(3)8-9)15-12(4)16(18)20-17(19-15)13-5-6-13/h7-8,13H,5-6H2,1-4H3. The summed E-state index contributed by atoms with van der Waals surface area (Å²) in [7, 11) is 0. The third-order valence-corrected chi connectivity index (χ3v) is 4.33. The summed E-state index contributed by atoms with van der Waals surface area (Å²) in [5.41, 5.74) is 6.97. The van der Waals surface area contributed by atoms with Gasteiger partial charge in [-0.3, -0.25) is 0 Å². The third kappa shape index (κ3) is 2.33. The predicted octanol–water partition coefficient (Wildman–Crippen LogP) is 4.91. The third-order valence-electron chi connectivity index (χ3n) is 3.96. The van der Waals surface area contributed by atoms with E-state index < -0.39 is 0 Å². The molecule has 1 saturated carbocycles. The van der Waals surface area contributed by atoms with Crippen molar-refractivity contribution in [3.05, 3.63) is 45.4 Å². The van der Waals surface area contributed by atoms with Crippen LogP contribution < -0.4 is 0 Å². The Balaban J connectivity index is 2.23. The van der Waals surface area contributed by atoms with Crippen molar-refractivity contribution in [1.29, 1.82) is 0 Å². The molecular weight excluding hydrogens is 268 g/mol. The molecule has 1 aliphatic carbocycles. The number of hydrogen-bond donors (Lipinski definition) is 0. The molecule has 3 rings (SSSR count). The van der Waals surface area contributed by atoms with Crippen molar-refractivity contribution >= 4 is 11.6 Å². The van der Waals surface area contributed by atoms with E-state index in [0.29, 0.717) is 11.1 Å². The molecule has 0 unspecified atom stereocenters. The number of aryl methyl sites for hydroxylation is 3. The molecule has 1 fully saturated rings. The summed E-state index contributed by atoms with van der Waals surface area (Å²) in [6.45, 7) is 8.41. The smallest absolute Gasteiger partial charge is 0.136 e. The van der Waals surface area contributed by atoms with Crippen LogP contribution in [-0.4, -0.2) is 9.97 Å². The molecule has 2 nitrogen and oxygen atoms in total. The van der Waals surface area contributed by atoms with Crippen molar-refractivity contribution in [3.8, 4) is 11.3 Å². The second-order valence-electron chi connectivity index (χ2n) is 5.89. The van der Waals surface area contributed by atoms with Gasteiger partial charge in [0, 0.05) is 17.0 Å². The van der Waals surface area contributed by atoms with E-state index in [1.165, 1.54) is 35.1 Å². The molecule has 0 bridgehead atoms. The zero-order valence-electron chi connectivity index (χ0n) is 12.4. The van der Waals surface area contributed by atoms with Gasteiger partial charge >= 0.3 is 0 Å². The molecule has 0 spiro atoms. The largest absolute Gasteiger partial charge is 0.232 e. The van der Waals surface area contributed by atoms with Gasteiger partial charge < -0.3 is 0 Å². The zero-order valence-corrected chi connectivity index (χ0v) is 13.2. The van der Waals surface area contributed by atoms with E-state index in [2.05, 4.69) is 37.9 Å². The highest BCUT2D eigenvalue weighted by Gasteiger charge is 2.28. The fourth-order valence-electron chi connectivity index (χ4n) is 2.83. The van der Waals surface area contributed by atoms with E-state index in [9.17, 15) is 0 Å². The van der Waals surface area contributed by atoms with Crippen LogP contribution in [0.4, 0.5) is 0 Å². The summed E-state index contributed by atoms with van der Waals surface area (Å²) >= 11 is 6.33. The minimum absolute atomic E-state index is 0.512. The van der Waals surface area contributed by atoms with Crippen molar-refractivity contribution in [3.63, 3.8) is 0 Å². The minimum atomic E-state index is 0.512. The highest BCUT2D eigenvalue weighted by atomic mass is 35.5. The molecule has 1 aromatic heterocycles. The Labute approximate surface area is 125 Å². The zero-order chi connectivity index (χ0) is 14.4. The van der Waals surface area contributed by atoms with Crippen LogP contribution in [0.2, 0.25) is 5.15 Å². The van der Waals surface area contributed by atoms with Gasteiger partial charge in [0.15, 0.2) is 0 Å². The Hall–Kier alpha value is -1.41. The van der Waals surface area contributed by atoms with Crippen LogP contribution in [0, 0.1) is 27.7 Å². The van der Waals surface area contributed by atoms with Gasteiger partial charge in [-0.05, 0) is 51.7 Å². The maximum atomic E-state index is 6.33. The lowest BCUT2D eigenvalue weighted by atomic mass is 9.95. The van der Waals surface area contributed by atoms with Crippen LogP contribution >= 0.6 is 11.6 Å². The van der Waals surface area contributed by atoms with Crippen LogP contribution in [0.5, 0.6) is 0 Å². The molecule has 1 aromatic carbocycles. The summed E-state index contributed by atoms with van der Waals surface area (Å²) in [5.74, 6) is 1.42. The number of benzene rings is 1. The van der Waals surface area contributed by atoms with Crippen molar-refractivity contribution < 1.29 is 0 Å². The minimum Gasteiger partial charge on any atom is -0.232 e. The summed E-state index contributed by atoms with van der Waals surface area (Å²) in [5, 5.41) is 0.594. The van der Waals surface area contributed by atoms with Gasteiger partial charge in [-0.2, -0.15) is 0 Å². The van der Waals surface area contributed by atoms with Gasteiger partial charge in [0.2, 0.25) is 0 Å². The van der Waals surface area contributed by atoms with Crippen LogP contribution in [0.15, 0.2) is 12.1 Å². The van der Waals surface area contributed by atoms with E-state index in [-0.39, 0.29) is 0 Å². The SMILES string of the molecule is Cc1cc(C)c(-c2nc(C3CC3)nc(Cl)c2C)c(C)c1. The van der Waals surface area contributed by atoms with Gasteiger partial charge in [-0.25, -0.2) is 9.97 Å². The van der Waals surface area contributed by atoms with Crippen molar-refractivity contribution in [1.82, 2.24) is 9.97 Å². The molecule has 2 aromatic rings. The number of nitrogens with zero attached hydrogens (tertiary/aromatic N) is 2. The molecule has 104 valence electrons. The molecule has 20 heavy (non-hydrogen) atoms. The monoisotopic (exact) mass is 286 g/mol. The van der Waals surface area contributed by atoms with Gasteiger partial charge in [-0.1, -0.05) is 29.3 Å². The first-order chi connectivity index (χ1) is 9.47. The van der Waals surface area contributed by atoms with E-state index in [1.807, 2.05) is 6.92 Å². The van der Waals surface area contributed by atoms with Crippen LogP contribution in [-0.2, 0) is 0 Å². The molecule has 3 heteroatoms. The van der Waals surface area contributed by atoms with Crippen LogP contribution in [0.3, 0.4) is 0 Å². The fourth-order valence-corrected chi connectivity index (χ4v) is 3.00. The molecule has 0 N–H and O–H groups in total. The van der Waals surface area contributed by atoms with Gasteiger partial charge in [-0.15, -0.1) is 0 Å². The number of rotatable bonds is 2. The Kier molecular flexibility index (Phi) is 3.29. The van der Waals surface area contributed by atoms with Crippen LogP contribution in [0.1, 0.15) is 46.8 Å². The second-order valence-corrected chi connectivity index (χ2v) is 6.25. The summed E-state index contributed by atoms with van der Waals surface area (Å²) in [4.78, 5) is 9.27. The van der Waals surface area contributed by atoms with E-state index >= 15 is 0 Å². The fraction of sp³-hybridized carbons (Fsp3) is 0.412. The van der Waals surface area contributed by atoms with Gasteiger partial charge in [0.05, 0.1) is 5.69 Å². The van der Waals surface area contributed by atoms with Crippen molar-refractivity contribution in [2.45, 2.75) is 46.5 Å². The predicted molar refractivity (Wildman–Crippen MR) is 83.4 cm³/mol. The molecule has 0 atom stereocenters. The maximum absolute atomic E-state index is 6.33. The number of halogens is 1. The second kappa shape index (κ2) is 4.85. The highest BCUT2D eigenvalue weighted by Crippen LogP contribution is 2.40.